The van der Waals surface area contributed by atoms with Gasteiger partial charge < -0.3 is 10.2 Å². The molecule has 0 bridgehead atoms. The summed E-state index contributed by atoms with van der Waals surface area (Å²) < 4.78 is 36.5. The summed E-state index contributed by atoms with van der Waals surface area (Å²) in [5.41, 5.74) is -0.512. The monoisotopic (exact) mass is 220 g/mol. The third-order valence-corrected chi connectivity index (χ3v) is 2.04. The fraction of sp³-hybridized carbons (Fsp3) is 0.400. The van der Waals surface area contributed by atoms with E-state index >= 15 is 0 Å². The summed E-state index contributed by atoms with van der Waals surface area (Å²) in [6.45, 7) is 1.36. The van der Waals surface area contributed by atoms with Crippen LogP contribution in [0, 0.1) is 0 Å². The standard InChI is InChI=1S/C10H11F3O2/c1-6(14)9(15)7-2-4-8(5-3-7)10(11,12)13/h2-6,9,14-15H,1H3/t6-,9+/m1/s1. The predicted molar refractivity (Wildman–Crippen MR) is 48.1 cm³/mol. The SMILES string of the molecule is C[C@@H](O)[C@H](O)c1ccc(C(F)(F)F)cc1. The van der Waals surface area contributed by atoms with Gasteiger partial charge in [0.15, 0.2) is 0 Å². The van der Waals surface area contributed by atoms with Crippen LogP contribution in [0.4, 0.5) is 13.2 Å². The number of rotatable bonds is 2. The Morgan fingerprint density at radius 3 is 1.87 bits per heavy atom. The first-order valence-corrected chi connectivity index (χ1v) is 4.35. The minimum Gasteiger partial charge on any atom is -0.390 e. The molecule has 2 nitrogen and oxygen atoms in total. The van der Waals surface area contributed by atoms with Crippen LogP contribution in [0.15, 0.2) is 24.3 Å². The maximum absolute atomic E-state index is 12.2. The lowest BCUT2D eigenvalue weighted by Crippen LogP contribution is -2.14. The molecule has 0 unspecified atom stereocenters. The van der Waals surface area contributed by atoms with E-state index < -0.39 is 23.9 Å². The quantitative estimate of drug-likeness (QED) is 0.801. The number of aliphatic hydroxyl groups excluding tert-OH is 2. The van der Waals surface area contributed by atoms with Crippen LogP contribution in [-0.4, -0.2) is 16.3 Å². The van der Waals surface area contributed by atoms with Crippen molar-refractivity contribution in [3.05, 3.63) is 35.4 Å². The summed E-state index contributed by atoms with van der Waals surface area (Å²) in [6.07, 6.45) is -6.55. The molecule has 1 aromatic carbocycles. The van der Waals surface area contributed by atoms with E-state index in [-0.39, 0.29) is 5.56 Å². The van der Waals surface area contributed by atoms with Gasteiger partial charge in [0, 0.05) is 0 Å². The van der Waals surface area contributed by atoms with Crippen molar-refractivity contribution in [2.24, 2.45) is 0 Å². The Morgan fingerprint density at radius 1 is 1.07 bits per heavy atom. The molecule has 0 aliphatic rings. The minimum absolute atomic E-state index is 0.262. The highest BCUT2D eigenvalue weighted by Crippen LogP contribution is 2.30. The molecule has 2 atom stereocenters. The van der Waals surface area contributed by atoms with Crippen LogP contribution in [0.3, 0.4) is 0 Å². The van der Waals surface area contributed by atoms with E-state index in [0.717, 1.165) is 24.3 Å². The number of hydrogen-bond donors (Lipinski definition) is 2. The summed E-state index contributed by atoms with van der Waals surface area (Å²) >= 11 is 0. The van der Waals surface area contributed by atoms with E-state index in [2.05, 4.69) is 0 Å². The summed E-state index contributed by atoms with van der Waals surface area (Å²) in [7, 11) is 0. The van der Waals surface area contributed by atoms with Gasteiger partial charge >= 0.3 is 6.18 Å². The largest absolute Gasteiger partial charge is 0.416 e. The van der Waals surface area contributed by atoms with Gasteiger partial charge in [0.2, 0.25) is 0 Å². The minimum atomic E-state index is -4.38. The van der Waals surface area contributed by atoms with Crippen molar-refractivity contribution in [2.45, 2.75) is 25.3 Å². The van der Waals surface area contributed by atoms with Gasteiger partial charge in [0.25, 0.3) is 0 Å². The number of halogens is 3. The lowest BCUT2D eigenvalue weighted by atomic mass is 10.0. The average molecular weight is 220 g/mol. The normalized spacial score (nSPS) is 16.1. The lowest BCUT2D eigenvalue weighted by molar-refractivity contribution is -0.137. The van der Waals surface area contributed by atoms with Crippen molar-refractivity contribution in [3.63, 3.8) is 0 Å². The molecule has 0 aliphatic carbocycles. The van der Waals surface area contributed by atoms with E-state index in [1.165, 1.54) is 6.92 Å². The Labute approximate surface area is 85.0 Å². The first kappa shape index (κ1) is 12.0. The molecule has 5 heteroatoms. The Hall–Kier alpha value is -1.07. The molecule has 0 fully saturated rings. The van der Waals surface area contributed by atoms with Gasteiger partial charge in [-0.15, -0.1) is 0 Å². The summed E-state index contributed by atoms with van der Waals surface area (Å²) in [6, 6.07) is 4.06. The first-order chi connectivity index (χ1) is 6.82. The highest BCUT2D eigenvalue weighted by molar-refractivity contribution is 5.26. The van der Waals surface area contributed by atoms with Gasteiger partial charge in [-0.25, -0.2) is 0 Å². The van der Waals surface area contributed by atoms with Crippen molar-refractivity contribution in [2.75, 3.05) is 0 Å². The zero-order valence-corrected chi connectivity index (χ0v) is 7.99. The van der Waals surface area contributed by atoms with E-state index in [1.807, 2.05) is 0 Å². The number of aliphatic hydroxyl groups is 2. The van der Waals surface area contributed by atoms with Crippen molar-refractivity contribution in [3.8, 4) is 0 Å². The lowest BCUT2D eigenvalue weighted by Gasteiger charge is -2.14. The van der Waals surface area contributed by atoms with Gasteiger partial charge in [0.1, 0.15) is 6.10 Å². The first-order valence-electron chi connectivity index (χ1n) is 4.35. The van der Waals surface area contributed by atoms with Crippen LogP contribution < -0.4 is 0 Å². The third kappa shape index (κ3) is 2.94. The van der Waals surface area contributed by atoms with Crippen molar-refractivity contribution < 1.29 is 23.4 Å². The molecule has 0 saturated heterocycles. The van der Waals surface area contributed by atoms with Gasteiger partial charge in [-0.3, -0.25) is 0 Å². The Morgan fingerprint density at radius 2 is 1.53 bits per heavy atom. The maximum Gasteiger partial charge on any atom is 0.416 e. The predicted octanol–water partition coefficient (Wildman–Crippen LogP) is 2.12. The highest BCUT2D eigenvalue weighted by Gasteiger charge is 2.30. The van der Waals surface area contributed by atoms with Crippen LogP contribution in [-0.2, 0) is 6.18 Å². The number of hydrogen-bond acceptors (Lipinski definition) is 2. The summed E-state index contributed by atoms with van der Waals surface area (Å²) in [5.74, 6) is 0. The molecule has 0 aromatic heterocycles. The van der Waals surface area contributed by atoms with Crippen molar-refractivity contribution in [1.29, 1.82) is 0 Å². The Balaban J connectivity index is 2.91. The second-order valence-electron chi connectivity index (χ2n) is 3.31. The van der Waals surface area contributed by atoms with Gasteiger partial charge in [0.05, 0.1) is 11.7 Å². The molecule has 15 heavy (non-hydrogen) atoms. The fourth-order valence-electron chi connectivity index (χ4n) is 1.15. The summed E-state index contributed by atoms with van der Waals surface area (Å²) in [4.78, 5) is 0. The third-order valence-electron chi connectivity index (χ3n) is 2.04. The smallest absolute Gasteiger partial charge is 0.390 e. The molecule has 84 valence electrons. The molecule has 0 amide bonds. The van der Waals surface area contributed by atoms with E-state index in [9.17, 15) is 18.3 Å². The van der Waals surface area contributed by atoms with E-state index in [0.29, 0.717) is 0 Å². The number of benzene rings is 1. The molecule has 1 aromatic rings. The van der Waals surface area contributed by atoms with Crippen LogP contribution >= 0.6 is 0 Å². The molecule has 1 rings (SSSR count). The van der Waals surface area contributed by atoms with Gasteiger partial charge in [-0.1, -0.05) is 12.1 Å². The van der Waals surface area contributed by atoms with Crippen LogP contribution in [0.25, 0.3) is 0 Å². The topological polar surface area (TPSA) is 40.5 Å². The maximum atomic E-state index is 12.2. The van der Waals surface area contributed by atoms with E-state index in [1.54, 1.807) is 0 Å². The van der Waals surface area contributed by atoms with Gasteiger partial charge in [-0.2, -0.15) is 13.2 Å². The molecule has 0 aliphatic heterocycles. The summed E-state index contributed by atoms with van der Waals surface area (Å²) in [5, 5.41) is 18.4. The molecule has 2 N–H and O–H groups in total. The molecule has 0 saturated carbocycles. The number of alkyl halides is 3. The zero-order valence-electron chi connectivity index (χ0n) is 7.99. The van der Waals surface area contributed by atoms with Crippen LogP contribution in [0.2, 0.25) is 0 Å². The molecular formula is C10H11F3O2. The zero-order chi connectivity index (χ0) is 11.6. The van der Waals surface area contributed by atoms with Crippen LogP contribution in [0.5, 0.6) is 0 Å². The Kier molecular flexibility index (Phi) is 3.36. The fourth-order valence-corrected chi connectivity index (χ4v) is 1.15. The van der Waals surface area contributed by atoms with Gasteiger partial charge in [-0.05, 0) is 24.6 Å². The second kappa shape index (κ2) is 4.20. The van der Waals surface area contributed by atoms with Crippen molar-refractivity contribution >= 4 is 0 Å². The molecule has 0 spiro atoms. The average Bonchev–Trinajstić information content (AvgIpc) is 2.15. The molecule has 0 heterocycles. The second-order valence-corrected chi connectivity index (χ2v) is 3.31. The Bertz CT molecular complexity index is 316. The molecular weight excluding hydrogens is 209 g/mol. The molecule has 0 radical (unpaired) electrons. The highest BCUT2D eigenvalue weighted by atomic mass is 19.4. The van der Waals surface area contributed by atoms with Crippen LogP contribution in [0.1, 0.15) is 24.2 Å². The van der Waals surface area contributed by atoms with Crippen molar-refractivity contribution in [1.82, 2.24) is 0 Å². The van der Waals surface area contributed by atoms with E-state index in [4.69, 9.17) is 5.11 Å².